The zero-order valence-electron chi connectivity index (χ0n) is 13.3. The van der Waals surface area contributed by atoms with E-state index in [9.17, 15) is 4.39 Å². The quantitative estimate of drug-likeness (QED) is 0.817. The van der Waals surface area contributed by atoms with Crippen molar-refractivity contribution in [3.8, 4) is 11.5 Å². The van der Waals surface area contributed by atoms with E-state index in [1.54, 1.807) is 19.2 Å². The van der Waals surface area contributed by atoms with Crippen molar-refractivity contribution in [2.75, 3.05) is 7.11 Å². The third-order valence-electron chi connectivity index (χ3n) is 3.68. The molecule has 3 nitrogen and oxygen atoms in total. The fourth-order valence-electron chi connectivity index (χ4n) is 2.23. The molecule has 0 aliphatic carbocycles. The van der Waals surface area contributed by atoms with Gasteiger partial charge < -0.3 is 15.2 Å². The first-order valence-electron chi connectivity index (χ1n) is 7.53. The van der Waals surface area contributed by atoms with Gasteiger partial charge in [0.25, 0.3) is 0 Å². The molecule has 0 saturated heterocycles. The summed E-state index contributed by atoms with van der Waals surface area (Å²) in [6.07, 6.45) is 1.68. The van der Waals surface area contributed by atoms with E-state index in [0.717, 1.165) is 18.4 Å². The topological polar surface area (TPSA) is 44.5 Å². The van der Waals surface area contributed by atoms with Crippen LogP contribution in [-0.2, 0) is 13.0 Å². The van der Waals surface area contributed by atoms with Crippen LogP contribution in [0.25, 0.3) is 0 Å². The van der Waals surface area contributed by atoms with Gasteiger partial charge in [-0.15, -0.1) is 0 Å². The Morgan fingerprint density at radius 1 is 1.22 bits per heavy atom. The van der Waals surface area contributed by atoms with Crippen LogP contribution in [0.2, 0.25) is 5.02 Å². The average molecular weight is 338 g/mol. The van der Waals surface area contributed by atoms with Gasteiger partial charge in [0, 0.05) is 11.6 Å². The molecule has 0 aromatic heterocycles. The van der Waals surface area contributed by atoms with Crippen molar-refractivity contribution >= 4 is 11.6 Å². The minimum atomic E-state index is -0.387. The Morgan fingerprint density at radius 3 is 2.65 bits per heavy atom. The predicted octanol–water partition coefficient (Wildman–Crippen LogP) is 4.35. The summed E-state index contributed by atoms with van der Waals surface area (Å²) in [7, 11) is 1.57. The van der Waals surface area contributed by atoms with Gasteiger partial charge in [-0.25, -0.2) is 4.39 Å². The molecule has 5 heteroatoms. The van der Waals surface area contributed by atoms with Gasteiger partial charge in [0.15, 0.2) is 11.5 Å². The number of halogens is 2. The number of ether oxygens (including phenoxy) is 2. The van der Waals surface area contributed by atoms with Crippen LogP contribution in [0.1, 0.15) is 24.5 Å². The molecule has 0 aliphatic rings. The maximum atomic E-state index is 13.8. The van der Waals surface area contributed by atoms with Crippen molar-refractivity contribution in [1.29, 1.82) is 0 Å². The van der Waals surface area contributed by atoms with Crippen LogP contribution >= 0.6 is 11.6 Å². The van der Waals surface area contributed by atoms with E-state index in [0.29, 0.717) is 22.1 Å². The van der Waals surface area contributed by atoms with Crippen molar-refractivity contribution in [3.63, 3.8) is 0 Å². The van der Waals surface area contributed by atoms with Gasteiger partial charge in [-0.2, -0.15) is 0 Å². The van der Waals surface area contributed by atoms with Crippen LogP contribution in [0.3, 0.4) is 0 Å². The number of hydrogen-bond donors (Lipinski definition) is 1. The Morgan fingerprint density at radius 2 is 2.00 bits per heavy atom. The first-order valence-corrected chi connectivity index (χ1v) is 7.91. The van der Waals surface area contributed by atoms with Gasteiger partial charge in [-0.1, -0.05) is 30.7 Å². The number of benzene rings is 2. The normalized spacial score (nSPS) is 12.0. The van der Waals surface area contributed by atoms with Crippen LogP contribution in [-0.4, -0.2) is 13.2 Å². The summed E-state index contributed by atoms with van der Waals surface area (Å²) in [6.45, 7) is 2.09. The monoisotopic (exact) mass is 337 g/mol. The summed E-state index contributed by atoms with van der Waals surface area (Å²) in [5.74, 6) is 0.751. The van der Waals surface area contributed by atoms with E-state index in [1.165, 1.54) is 6.07 Å². The average Bonchev–Trinajstić information content (AvgIpc) is 2.55. The highest BCUT2D eigenvalue weighted by molar-refractivity contribution is 6.31. The third kappa shape index (κ3) is 4.60. The minimum Gasteiger partial charge on any atom is -0.493 e. The van der Waals surface area contributed by atoms with E-state index in [2.05, 4.69) is 6.92 Å². The number of methoxy groups -OCH3 is 1. The molecule has 0 amide bonds. The van der Waals surface area contributed by atoms with Gasteiger partial charge in [-0.3, -0.25) is 0 Å². The van der Waals surface area contributed by atoms with E-state index in [-0.39, 0.29) is 18.5 Å². The maximum absolute atomic E-state index is 13.8. The Bertz CT molecular complexity index is 643. The van der Waals surface area contributed by atoms with Gasteiger partial charge in [-0.05, 0) is 42.7 Å². The maximum Gasteiger partial charge on any atom is 0.161 e. The molecular weight excluding hydrogens is 317 g/mol. The Hall–Kier alpha value is -1.78. The van der Waals surface area contributed by atoms with Crippen LogP contribution < -0.4 is 15.2 Å². The highest BCUT2D eigenvalue weighted by Crippen LogP contribution is 2.30. The third-order valence-corrected chi connectivity index (χ3v) is 4.04. The van der Waals surface area contributed by atoms with E-state index >= 15 is 0 Å². The Labute approximate surface area is 141 Å². The van der Waals surface area contributed by atoms with Crippen LogP contribution in [0.4, 0.5) is 4.39 Å². The summed E-state index contributed by atoms with van der Waals surface area (Å²) >= 11 is 6.00. The zero-order valence-corrected chi connectivity index (χ0v) is 14.1. The summed E-state index contributed by atoms with van der Waals surface area (Å²) in [5.41, 5.74) is 7.38. The summed E-state index contributed by atoms with van der Waals surface area (Å²) in [4.78, 5) is 0. The van der Waals surface area contributed by atoms with Crippen molar-refractivity contribution in [2.24, 2.45) is 5.73 Å². The number of nitrogens with two attached hydrogens (primary N) is 1. The number of hydrogen-bond acceptors (Lipinski definition) is 3. The van der Waals surface area contributed by atoms with Crippen molar-refractivity contribution in [2.45, 2.75) is 32.4 Å². The molecule has 1 atom stereocenters. The summed E-state index contributed by atoms with van der Waals surface area (Å²) in [5, 5.41) is 0.342. The zero-order chi connectivity index (χ0) is 16.8. The molecule has 1 unspecified atom stereocenters. The lowest BCUT2D eigenvalue weighted by Crippen LogP contribution is -2.21. The summed E-state index contributed by atoms with van der Waals surface area (Å²) in [6, 6.07) is 10.3. The smallest absolute Gasteiger partial charge is 0.161 e. The predicted molar refractivity (Wildman–Crippen MR) is 90.7 cm³/mol. The molecule has 0 heterocycles. The van der Waals surface area contributed by atoms with Crippen molar-refractivity contribution < 1.29 is 13.9 Å². The lowest BCUT2D eigenvalue weighted by molar-refractivity contribution is 0.279. The van der Waals surface area contributed by atoms with Gasteiger partial charge >= 0.3 is 0 Å². The second-order valence-corrected chi connectivity index (χ2v) is 5.75. The lowest BCUT2D eigenvalue weighted by atomic mass is 10.0. The largest absolute Gasteiger partial charge is 0.493 e. The van der Waals surface area contributed by atoms with Gasteiger partial charge in [0.2, 0.25) is 0 Å². The standard InChI is InChI=1S/C18H21ClFNO2/c1-3-13(21)9-12-7-8-17(18(10-12)22-2)23-11-14-15(19)5-4-6-16(14)20/h4-8,10,13H,3,9,11,21H2,1-2H3. The van der Waals surface area contributed by atoms with E-state index in [4.69, 9.17) is 26.8 Å². The Kier molecular flexibility index (Phi) is 6.25. The minimum absolute atomic E-state index is 0.0374. The molecular formula is C18H21ClFNO2. The molecule has 0 bridgehead atoms. The Balaban J connectivity index is 2.13. The van der Waals surface area contributed by atoms with Crippen molar-refractivity contribution in [1.82, 2.24) is 0 Å². The van der Waals surface area contributed by atoms with Crippen LogP contribution in [0, 0.1) is 5.82 Å². The molecule has 2 aromatic carbocycles. The van der Waals surface area contributed by atoms with Crippen LogP contribution in [0.5, 0.6) is 11.5 Å². The fraction of sp³-hybridized carbons (Fsp3) is 0.333. The first-order chi connectivity index (χ1) is 11.0. The molecule has 124 valence electrons. The number of rotatable bonds is 7. The summed E-state index contributed by atoms with van der Waals surface area (Å²) < 4.78 is 24.8. The highest BCUT2D eigenvalue weighted by atomic mass is 35.5. The molecule has 0 fully saturated rings. The van der Waals surface area contributed by atoms with Crippen molar-refractivity contribution in [3.05, 3.63) is 58.4 Å². The molecule has 2 rings (SSSR count). The SMILES string of the molecule is CCC(N)Cc1ccc(OCc2c(F)cccc2Cl)c(OC)c1. The second-order valence-electron chi connectivity index (χ2n) is 5.35. The molecule has 2 aromatic rings. The lowest BCUT2D eigenvalue weighted by Gasteiger charge is -2.14. The molecule has 23 heavy (non-hydrogen) atoms. The van der Waals surface area contributed by atoms with Gasteiger partial charge in [0.1, 0.15) is 12.4 Å². The second kappa shape index (κ2) is 8.18. The fourth-order valence-corrected chi connectivity index (χ4v) is 2.44. The molecule has 0 spiro atoms. The molecule has 0 saturated carbocycles. The van der Waals surface area contributed by atoms with Gasteiger partial charge in [0.05, 0.1) is 12.1 Å². The first kappa shape index (κ1) is 17.6. The molecule has 0 radical (unpaired) electrons. The van der Waals surface area contributed by atoms with Crippen LogP contribution in [0.15, 0.2) is 36.4 Å². The van der Waals surface area contributed by atoms with E-state index < -0.39 is 0 Å². The molecule has 0 aliphatic heterocycles. The van der Waals surface area contributed by atoms with E-state index in [1.807, 2.05) is 18.2 Å². The molecule has 2 N–H and O–H groups in total. The highest BCUT2D eigenvalue weighted by Gasteiger charge is 2.11.